The lowest BCUT2D eigenvalue weighted by molar-refractivity contribution is 0.413. The number of anilines is 1. The van der Waals surface area contributed by atoms with Crippen LogP contribution in [0.3, 0.4) is 0 Å². The van der Waals surface area contributed by atoms with Crippen LogP contribution in [0.15, 0.2) is 35.0 Å². The number of hydrogen-bond acceptors (Lipinski definition) is 7. The quantitative estimate of drug-likeness (QED) is 0.644. The lowest BCUT2D eigenvalue weighted by Crippen LogP contribution is -2.28. The molecular weight excluding hydrogens is 354 g/mol. The molecule has 1 aliphatic carbocycles. The van der Waals surface area contributed by atoms with Crippen LogP contribution in [0.5, 0.6) is 0 Å². The van der Waals surface area contributed by atoms with Crippen molar-refractivity contribution >= 4 is 23.3 Å². The van der Waals surface area contributed by atoms with E-state index in [9.17, 15) is 0 Å². The van der Waals surface area contributed by atoms with Gasteiger partial charge < -0.3 is 9.42 Å². The van der Waals surface area contributed by atoms with E-state index in [-0.39, 0.29) is 5.41 Å². The second-order valence-corrected chi connectivity index (χ2v) is 7.57. The Morgan fingerprint density at radius 1 is 1.15 bits per heavy atom. The van der Waals surface area contributed by atoms with Gasteiger partial charge in [-0.15, -0.1) is 10.2 Å². The van der Waals surface area contributed by atoms with Crippen LogP contribution in [0.1, 0.15) is 25.6 Å². The van der Waals surface area contributed by atoms with Crippen molar-refractivity contribution in [2.24, 2.45) is 0 Å². The van der Waals surface area contributed by atoms with Crippen LogP contribution < -0.4 is 4.90 Å². The largest absolute Gasteiger partial charge is 0.330 e. The normalized spacial score (nSPS) is 19.1. The molecule has 1 saturated carbocycles. The first-order chi connectivity index (χ1) is 12.6. The summed E-state index contributed by atoms with van der Waals surface area (Å²) in [7, 11) is 0. The van der Waals surface area contributed by atoms with Crippen molar-refractivity contribution in [1.29, 1.82) is 0 Å². The third-order valence-electron chi connectivity index (χ3n) is 5.29. The standard InChI is InChI=1S/C17H14ClN7O/c1-17(6-7-17)16-19-15(26-22-16)14-21-20-13-10-4-2-3-5-11(10)24-9-23(18)8-12(24)25(13)14/h2-5,8H,6-7,9H2,1H3. The van der Waals surface area contributed by atoms with Crippen molar-refractivity contribution in [2.45, 2.75) is 25.2 Å². The zero-order valence-corrected chi connectivity index (χ0v) is 14.7. The molecule has 0 unspecified atom stereocenters. The van der Waals surface area contributed by atoms with Crippen molar-refractivity contribution in [1.82, 2.24) is 29.3 Å². The van der Waals surface area contributed by atoms with Crippen molar-refractivity contribution in [2.75, 3.05) is 11.6 Å². The first-order valence-corrected chi connectivity index (χ1v) is 8.79. The van der Waals surface area contributed by atoms with E-state index >= 15 is 0 Å². The van der Waals surface area contributed by atoms with Crippen LogP contribution in [0.25, 0.3) is 28.9 Å². The Morgan fingerprint density at radius 2 is 1.96 bits per heavy atom. The molecule has 0 bridgehead atoms. The second kappa shape index (κ2) is 4.64. The molecule has 0 N–H and O–H groups in total. The molecule has 0 spiro atoms. The summed E-state index contributed by atoms with van der Waals surface area (Å²) in [6, 6.07) is 8.06. The number of halogens is 1. The smallest absolute Gasteiger partial charge is 0.296 e. The van der Waals surface area contributed by atoms with E-state index in [4.69, 9.17) is 16.3 Å². The number of nitrogens with zero attached hydrogens (tertiary/aromatic N) is 7. The fraction of sp³-hybridized carbons (Fsp3) is 0.294. The lowest BCUT2D eigenvalue weighted by Gasteiger charge is -2.29. The summed E-state index contributed by atoms with van der Waals surface area (Å²) in [6.45, 7) is 2.68. The predicted molar refractivity (Wildman–Crippen MR) is 94.6 cm³/mol. The molecule has 130 valence electrons. The number of benzene rings is 1. The van der Waals surface area contributed by atoms with Crippen molar-refractivity contribution in [3.05, 3.63) is 36.3 Å². The van der Waals surface area contributed by atoms with Crippen molar-refractivity contribution in [3.8, 4) is 23.1 Å². The van der Waals surface area contributed by atoms with Gasteiger partial charge in [0, 0.05) is 22.8 Å². The van der Waals surface area contributed by atoms with E-state index in [2.05, 4.69) is 38.2 Å². The highest BCUT2D eigenvalue weighted by Gasteiger charge is 2.44. The number of para-hydroxylation sites is 1. The summed E-state index contributed by atoms with van der Waals surface area (Å²) in [4.78, 5) is 6.70. The van der Waals surface area contributed by atoms with E-state index in [0.29, 0.717) is 18.4 Å². The topological polar surface area (TPSA) is 76.1 Å². The third-order valence-corrected chi connectivity index (χ3v) is 5.50. The van der Waals surface area contributed by atoms with Gasteiger partial charge in [0.1, 0.15) is 12.5 Å². The highest BCUT2D eigenvalue weighted by Crippen LogP contribution is 2.47. The minimum Gasteiger partial charge on any atom is -0.330 e. The van der Waals surface area contributed by atoms with Crippen molar-refractivity contribution in [3.63, 3.8) is 0 Å². The average Bonchev–Trinajstić information content (AvgIpc) is 3.05. The summed E-state index contributed by atoms with van der Waals surface area (Å²) in [6.07, 6.45) is 4.02. The minimum atomic E-state index is 0.0324. The highest BCUT2D eigenvalue weighted by molar-refractivity contribution is 6.15. The van der Waals surface area contributed by atoms with Gasteiger partial charge in [-0.05, 0) is 25.0 Å². The molecular formula is C17H14ClN7O. The summed E-state index contributed by atoms with van der Waals surface area (Å²) >= 11 is 6.27. The average molecular weight is 368 g/mol. The van der Waals surface area contributed by atoms with Gasteiger partial charge in [-0.3, -0.25) is 8.99 Å². The summed E-state index contributed by atoms with van der Waals surface area (Å²) in [5.41, 5.74) is 2.07. The van der Waals surface area contributed by atoms with E-state index in [0.717, 1.165) is 41.6 Å². The monoisotopic (exact) mass is 367 g/mol. The number of aromatic nitrogens is 5. The molecule has 1 fully saturated rings. The number of hydrogen-bond donors (Lipinski definition) is 0. The van der Waals surface area contributed by atoms with Crippen LogP contribution in [0.2, 0.25) is 0 Å². The minimum absolute atomic E-state index is 0.0324. The Balaban J connectivity index is 1.56. The summed E-state index contributed by atoms with van der Waals surface area (Å²) in [5.74, 6) is 3.24. The molecule has 26 heavy (non-hydrogen) atoms. The van der Waals surface area contributed by atoms with Crippen LogP contribution in [0, 0.1) is 0 Å². The van der Waals surface area contributed by atoms with Crippen LogP contribution in [-0.2, 0) is 5.41 Å². The Kier molecular flexibility index (Phi) is 2.56. The van der Waals surface area contributed by atoms with Crippen LogP contribution in [-0.4, -0.2) is 36.0 Å². The van der Waals surface area contributed by atoms with E-state index in [1.165, 1.54) is 0 Å². The van der Waals surface area contributed by atoms with Gasteiger partial charge in [0.15, 0.2) is 11.6 Å². The van der Waals surface area contributed by atoms with Gasteiger partial charge in [-0.2, -0.15) is 4.98 Å². The SMILES string of the molecule is CC1(c2noc(-c3nnc4n3C3=CN(Cl)CN3c3ccccc3-4)n2)CC1. The Bertz CT molecular complexity index is 1080. The first-order valence-electron chi connectivity index (χ1n) is 8.46. The zero-order valence-electron chi connectivity index (χ0n) is 13.9. The molecule has 0 atom stereocenters. The Morgan fingerprint density at radius 3 is 2.81 bits per heavy atom. The molecule has 3 aliphatic rings. The van der Waals surface area contributed by atoms with Crippen LogP contribution >= 0.6 is 11.8 Å². The van der Waals surface area contributed by atoms with Gasteiger partial charge in [0.2, 0.25) is 5.82 Å². The molecule has 9 heteroatoms. The molecule has 2 aliphatic heterocycles. The Labute approximate surface area is 153 Å². The summed E-state index contributed by atoms with van der Waals surface area (Å²) < 4.78 is 9.06. The third kappa shape index (κ3) is 1.79. The number of fused-ring (bicyclic) bond motifs is 6. The molecule has 6 rings (SSSR count). The summed E-state index contributed by atoms with van der Waals surface area (Å²) in [5, 5.41) is 12.9. The van der Waals surface area contributed by atoms with Gasteiger partial charge >= 0.3 is 0 Å². The maximum Gasteiger partial charge on any atom is 0.296 e. The molecule has 4 heterocycles. The lowest BCUT2D eigenvalue weighted by atomic mass is 10.1. The molecule has 3 aromatic rings. The molecule has 0 amide bonds. The van der Waals surface area contributed by atoms with E-state index < -0.39 is 0 Å². The van der Waals surface area contributed by atoms with Gasteiger partial charge in [-0.25, -0.2) is 0 Å². The molecule has 0 radical (unpaired) electrons. The second-order valence-electron chi connectivity index (χ2n) is 7.14. The fourth-order valence-electron chi connectivity index (χ4n) is 3.50. The van der Waals surface area contributed by atoms with E-state index in [1.807, 2.05) is 29.0 Å². The van der Waals surface area contributed by atoms with Gasteiger partial charge in [0.25, 0.3) is 5.89 Å². The maximum absolute atomic E-state index is 6.27. The van der Waals surface area contributed by atoms with Crippen molar-refractivity contribution < 1.29 is 4.52 Å². The van der Waals surface area contributed by atoms with Gasteiger partial charge in [-0.1, -0.05) is 24.2 Å². The zero-order chi connectivity index (χ0) is 17.5. The van der Waals surface area contributed by atoms with Gasteiger partial charge in [0.05, 0.1) is 11.9 Å². The Hall–Kier alpha value is -2.87. The molecule has 8 nitrogen and oxygen atoms in total. The molecule has 2 aromatic heterocycles. The van der Waals surface area contributed by atoms with E-state index in [1.54, 1.807) is 4.42 Å². The fourth-order valence-corrected chi connectivity index (χ4v) is 3.70. The molecule has 0 saturated heterocycles. The number of rotatable bonds is 2. The molecule has 1 aromatic carbocycles. The first kappa shape index (κ1) is 14.3. The predicted octanol–water partition coefficient (Wildman–Crippen LogP) is 3.05. The maximum atomic E-state index is 6.27. The highest BCUT2D eigenvalue weighted by atomic mass is 35.5. The van der Waals surface area contributed by atoms with Crippen LogP contribution in [0.4, 0.5) is 5.69 Å².